The van der Waals surface area contributed by atoms with Crippen LogP contribution in [0.2, 0.25) is 0 Å². The van der Waals surface area contributed by atoms with Crippen molar-refractivity contribution in [2.24, 2.45) is 7.05 Å². The molecular weight excluding hydrogens is 280 g/mol. The summed E-state index contributed by atoms with van der Waals surface area (Å²) in [5.74, 6) is 0.957. The van der Waals surface area contributed by atoms with E-state index in [2.05, 4.69) is 15.4 Å². The van der Waals surface area contributed by atoms with Crippen molar-refractivity contribution in [2.45, 2.75) is 33.6 Å². The fraction of sp³-hybridized carbons (Fsp3) is 0.438. The summed E-state index contributed by atoms with van der Waals surface area (Å²) >= 11 is 0. The van der Waals surface area contributed by atoms with Crippen LogP contribution in [0, 0.1) is 13.8 Å². The molecule has 6 heteroatoms. The minimum atomic E-state index is -0.0659. The van der Waals surface area contributed by atoms with Crippen molar-refractivity contribution >= 4 is 11.7 Å². The summed E-state index contributed by atoms with van der Waals surface area (Å²) in [7, 11) is 1.91. The summed E-state index contributed by atoms with van der Waals surface area (Å²) in [4.78, 5) is 16.3. The molecule has 0 saturated carbocycles. The first-order chi connectivity index (χ1) is 10.5. The van der Waals surface area contributed by atoms with Crippen LogP contribution in [0.15, 0.2) is 18.2 Å². The van der Waals surface area contributed by atoms with E-state index in [0.29, 0.717) is 31.1 Å². The number of nitrogens with zero attached hydrogens (tertiary/aromatic N) is 3. The molecule has 0 spiro atoms. The molecule has 118 valence electrons. The first-order valence-electron chi connectivity index (χ1n) is 7.40. The minimum Gasteiger partial charge on any atom is -0.478 e. The molecular formula is C16H22N4O2. The van der Waals surface area contributed by atoms with Gasteiger partial charge in [-0.15, -0.1) is 0 Å². The molecule has 0 aliphatic rings. The van der Waals surface area contributed by atoms with Crippen LogP contribution < -0.4 is 10.1 Å². The number of hydrogen-bond acceptors (Lipinski definition) is 4. The lowest BCUT2D eigenvalue weighted by molar-refractivity contribution is -0.116. The van der Waals surface area contributed by atoms with Crippen LogP contribution in [0.3, 0.4) is 0 Å². The van der Waals surface area contributed by atoms with E-state index in [1.807, 2.05) is 38.6 Å². The van der Waals surface area contributed by atoms with Gasteiger partial charge in [0.15, 0.2) is 0 Å². The molecule has 2 aromatic heterocycles. The highest BCUT2D eigenvalue weighted by Gasteiger charge is 2.12. The number of nitrogens with one attached hydrogen (secondary N) is 1. The van der Waals surface area contributed by atoms with Gasteiger partial charge >= 0.3 is 0 Å². The molecule has 2 rings (SSSR count). The number of aryl methyl sites for hydroxylation is 2. The van der Waals surface area contributed by atoms with Crippen LogP contribution in [0.5, 0.6) is 5.88 Å². The Hall–Kier alpha value is -2.37. The van der Waals surface area contributed by atoms with Crippen LogP contribution in [0.25, 0.3) is 0 Å². The molecule has 0 unspecified atom stereocenters. The Morgan fingerprint density at radius 1 is 1.36 bits per heavy atom. The highest BCUT2D eigenvalue weighted by Crippen LogP contribution is 2.15. The van der Waals surface area contributed by atoms with E-state index in [4.69, 9.17) is 4.74 Å². The molecule has 6 nitrogen and oxygen atoms in total. The maximum atomic E-state index is 12.1. The van der Waals surface area contributed by atoms with E-state index < -0.39 is 0 Å². The van der Waals surface area contributed by atoms with Crippen LogP contribution >= 0.6 is 0 Å². The van der Waals surface area contributed by atoms with Gasteiger partial charge in [-0.1, -0.05) is 6.07 Å². The van der Waals surface area contributed by atoms with Gasteiger partial charge in [0.1, 0.15) is 5.82 Å². The van der Waals surface area contributed by atoms with Gasteiger partial charge in [-0.05, 0) is 38.8 Å². The molecule has 0 saturated heterocycles. The van der Waals surface area contributed by atoms with Gasteiger partial charge in [-0.2, -0.15) is 10.1 Å². The number of anilines is 1. The first kappa shape index (κ1) is 16.0. The van der Waals surface area contributed by atoms with Crippen molar-refractivity contribution in [3.8, 4) is 5.88 Å². The summed E-state index contributed by atoms with van der Waals surface area (Å²) in [6, 6.07) is 5.32. The Balaban J connectivity index is 1.94. The smallest absolute Gasteiger partial charge is 0.225 e. The number of amides is 1. The zero-order chi connectivity index (χ0) is 16.1. The maximum Gasteiger partial charge on any atom is 0.225 e. The van der Waals surface area contributed by atoms with Crippen molar-refractivity contribution in [1.82, 2.24) is 14.8 Å². The van der Waals surface area contributed by atoms with Crippen molar-refractivity contribution in [1.29, 1.82) is 0 Å². The van der Waals surface area contributed by atoms with Gasteiger partial charge in [0.25, 0.3) is 0 Å². The van der Waals surface area contributed by atoms with Crippen LogP contribution in [0.4, 0.5) is 5.82 Å². The summed E-state index contributed by atoms with van der Waals surface area (Å²) in [6.07, 6.45) is 1.07. The van der Waals surface area contributed by atoms with E-state index in [-0.39, 0.29) is 5.91 Å². The zero-order valence-electron chi connectivity index (χ0n) is 13.5. The fourth-order valence-electron chi connectivity index (χ4n) is 2.34. The lowest BCUT2D eigenvalue weighted by Crippen LogP contribution is -2.14. The Bertz CT molecular complexity index is 664. The number of carbonyl (C=O) groups excluding carboxylic acids is 1. The third-order valence-electron chi connectivity index (χ3n) is 3.54. The molecule has 1 amide bonds. The number of ether oxygens (including phenoxy) is 1. The topological polar surface area (TPSA) is 69.0 Å². The van der Waals surface area contributed by atoms with Gasteiger partial charge in [-0.25, -0.2) is 0 Å². The first-order valence-corrected chi connectivity index (χ1v) is 7.40. The normalized spacial score (nSPS) is 10.5. The van der Waals surface area contributed by atoms with E-state index in [9.17, 15) is 4.79 Å². The highest BCUT2D eigenvalue weighted by atomic mass is 16.5. The lowest BCUT2D eigenvalue weighted by Gasteiger charge is -2.07. The van der Waals surface area contributed by atoms with E-state index in [1.54, 1.807) is 12.1 Å². The monoisotopic (exact) mass is 302 g/mol. The predicted octanol–water partition coefficient (Wildman–Crippen LogP) is 2.40. The van der Waals surface area contributed by atoms with Gasteiger partial charge in [0, 0.05) is 25.2 Å². The van der Waals surface area contributed by atoms with Gasteiger partial charge in [0.05, 0.1) is 12.3 Å². The van der Waals surface area contributed by atoms with Gasteiger partial charge in [0.2, 0.25) is 11.8 Å². The average molecular weight is 302 g/mol. The second-order valence-corrected chi connectivity index (χ2v) is 5.12. The predicted molar refractivity (Wildman–Crippen MR) is 85.0 cm³/mol. The van der Waals surface area contributed by atoms with Gasteiger partial charge in [-0.3, -0.25) is 9.48 Å². The fourth-order valence-corrected chi connectivity index (χ4v) is 2.34. The molecule has 2 heterocycles. The Morgan fingerprint density at radius 3 is 2.77 bits per heavy atom. The molecule has 0 atom stereocenters. The standard InChI is InChI=1S/C16H22N4O2/c1-5-22-16-8-6-7-14(18-16)17-15(21)10-9-13-11(2)19-20(4)12(13)3/h6-8H,5,9-10H2,1-4H3,(H,17,18,21). The minimum absolute atomic E-state index is 0.0659. The maximum absolute atomic E-state index is 12.1. The van der Waals surface area contributed by atoms with Crippen molar-refractivity contribution in [3.05, 3.63) is 35.2 Å². The second-order valence-electron chi connectivity index (χ2n) is 5.12. The highest BCUT2D eigenvalue weighted by molar-refractivity contribution is 5.89. The summed E-state index contributed by atoms with van der Waals surface area (Å²) in [5.41, 5.74) is 3.21. The SMILES string of the molecule is CCOc1cccc(NC(=O)CCc2c(C)nn(C)c2C)n1. The molecule has 0 aromatic carbocycles. The summed E-state index contributed by atoms with van der Waals surface area (Å²) in [5, 5.41) is 7.16. The average Bonchev–Trinajstić information content (AvgIpc) is 2.71. The Labute approximate surface area is 130 Å². The number of pyridine rings is 1. The lowest BCUT2D eigenvalue weighted by atomic mass is 10.1. The van der Waals surface area contributed by atoms with Crippen LogP contribution in [0.1, 0.15) is 30.3 Å². The van der Waals surface area contributed by atoms with Gasteiger partial charge < -0.3 is 10.1 Å². The second kappa shape index (κ2) is 7.06. The third kappa shape index (κ3) is 3.84. The Morgan fingerprint density at radius 2 is 2.14 bits per heavy atom. The third-order valence-corrected chi connectivity index (χ3v) is 3.54. The van der Waals surface area contributed by atoms with E-state index >= 15 is 0 Å². The summed E-state index contributed by atoms with van der Waals surface area (Å²) in [6.45, 7) is 6.42. The molecule has 1 N–H and O–H groups in total. The quantitative estimate of drug-likeness (QED) is 0.889. The van der Waals surface area contributed by atoms with Crippen molar-refractivity contribution in [3.63, 3.8) is 0 Å². The largest absolute Gasteiger partial charge is 0.478 e. The number of carbonyl (C=O) groups is 1. The summed E-state index contributed by atoms with van der Waals surface area (Å²) < 4.78 is 7.16. The molecule has 0 aliphatic carbocycles. The molecule has 0 radical (unpaired) electrons. The van der Waals surface area contributed by atoms with E-state index in [1.165, 1.54) is 0 Å². The Kier molecular flexibility index (Phi) is 5.14. The molecule has 0 aliphatic heterocycles. The molecule has 22 heavy (non-hydrogen) atoms. The molecule has 0 fully saturated rings. The molecule has 2 aromatic rings. The van der Waals surface area contributed by atoms with Crippen LogP contribution in [-0.4, -0.2) is 27.3 Å². The zero-order valence-corrected chi connectivity index (χ0v) is 13.5. The number of hydrogen-bond donors (Lipinski definition) is 1. The van der Waals surface area contributed by atoms with Crippen molar-refractivity contribution in [2.75, 3.05) is 11.9 Å². The van der Waals surface area contributed by atoms with Crippen molar-refractivity contribution < 1.29 is 9.53 Å². The van der Waals surface area contributed by atoms with Crippen LogP contribution in [-0.2, 0) is 18.3 Å². The van der Waals surface area contributed by atoms with E-state index in [0.717, 1.165) is 17.0 Å². The molecule has 0 bridgehead atoms. The number of aromatic nitrogens is 3. The number of rotatable bonds is 6.